The van der Waals surface area contributed by atoms with E-state index in [0.717, 1.165) is 5.56 Å². The van der Waals surface area contributed by atoms with Crippen molar-refractivity contribution in [3.05, 3.63) is 65.2 Å². The largest absolute Gasteiger partial charge is 0.494 e. The predicted molar refractivity (Wildman–Crippen MR) is 90.9 cm³/mol. The van der Waals surface area contributed by atoms with E-state index < -0.39 is 12.8 Å². The first-order chi connectivity index (χ1) is 12.4. The molecule has 2 aromatic carbocycles. The second-order valence-electron chi connectivity index (χ2n) is 5.56. The third-order valence-corrected chi connectivity index (χ3v) is 3.44. The van der Waals surface area contributed by atoms with E-state index in [-0.39, 0.29) is 12.5 Å². The smallest absolute Gasteiger partial charge is 0.411 e. The van der Waals surface area contributed by atoms with Gasteiger partial charge in [-0.3, -0.25) is 4.79 Å². The van der Waals surface area contributed by atoms with Crippen molar-refractivity contribution in [2.24, 2.45) is 0 Å². The average Bonchev–Trinajstić information content (AvgIpc) is 2.61. The first kappa shape index (κ1) is 19.8. The SMILES string of the molecule is CCOc1ccc(C(=O)NCc2ccc(COCC(F)(F)F)cc2)cc1. The minimum absolute atomic E-state index is 0.113. The number of rotatable bonds is 8. The molecule has 0 aromatic heterocycles. The Morgan fingerprint density at radius 2 is 1.62 bits per heavy atom. The zero-order valence-corrected chi connectivity index (χ0v) is 14.3. The first-order valence-electron chi connectivity index (χ1n) is 8.11. The van der Waals surface area contributed by atoms with Crippen LogP contribution in [0.4, 0.5) is 13.2 Å². The standard InChI is InChI=1S/C19H20F3NO3/c1-2-26-17-9-7-16(8-10-17)18(24)23-11-14-3-5-15(6-4-14)12-25-13-19(20,21)22/h3-10H,2,11-13H2,1H3,(H,23,24). The van der Waals surface area contributed by atoms with E-state index in [1.165, 1.54) is 0 Å². The van der Waals surface area contributed by atoms with Crippen molar-refractivity contribution in [1.29, 1.82) is 0 Å². The monoisotopic (exact) mass is 367 g/mol. The molecule has 0 aliphatic heterocycles. The second kappa shape index (κ2) is 9.24. The number of ether oxygens (including phenoxy) is 2. The van der Waals surface area contributed by atoms with Crippen LogP contribution >= 0.6 is 0 Å². The Morgan fingerprint density at radius 3 is 2.19 bits per heavy atom. The summed E-state index contributed by atoms with van der Waals surface area (Å²) < 4.78 is 46.0. The average molecular weight is 367 g/mol. The summed E-state index contributed by atoms with van der Waals surface area (Å²) in [5, 5.41) is 2.79. The van der Waals surface area contributed by atoms with Crippen molar-refractivity contribution in [3.8, 4) is 5.75 Å². The number of hydrogen-bond acceptors (Lipinski definition) is 3. The van der Waals surface area contributed by atoms with Gasteiger partial charge in [0.1, 0.15) is 12.4 Å². The maximum atomic E-state index is 12.1. The number of halogens is 3. The molecular weight excluding hydrogens is 347 g/mol. The number of alkyl halides is 3. The molecule has 0 saturated heterocycles. The zero-order valence-electron chi connectivity index (χ0n) is 14.3. The van der Waals surface area contributed by atoms with Crippen molar-refractivity contribution in [2.45, 2.75) is 26.3 Å². The highest BCUT2D eigenvalue weighted by atomic mass is 19.4. The Labute approximate surface area is 149 Å². The van der Waals surface area contributed by atoms with E-state index in [2.05, 4.69) is 10.1 Å². The molecule has 2 aromatic rings. The van der Waals surface area contributed by atoms with E-state index >= 15 is 0 Å². The third kappa shape index (κ3) is 6.76. The van der Waals surface area contributed by atoms with Crippen LogP contribution in [0.3, 0.4) is 0 Å². The van der Waals surface area contributed by atoms with Gasteiger partial charge in [0.05, 0.1) is 13.2 Å². The highest BCUT2D eigenvalue weighted by molar-refractivity contribution is 5.94. The van der Waals surface area contributed by atoms with E-state index in [0.29, 0.717) is 30.0 Å². The quantitative estimate of drug-likeness (QED) is 0.764. The summed E-state index contributed by atoms with van der Waals surface area (Å²) in [5.41, 5.74) is 1.99. The van der Waals surface area contributed by atoms with Gasteiger partial charge in [0.25, 0.3) is 5.91 Å². The molecule has 0 fully saturated rings. The lowest BCUT2D eigenvalue weighted by Gasteiger charge is -2.09. The number of benzene rings is 2. The van der Waals surface area contributed by atoms with Crippen molar-refractivity contribution >= 4 is 5.91 Å². The first-order valence-corrected chi connectivity index (χ1v) is 8.11. The minimum atomic E-state index is -4.33. The molecule has 0 spiro atoms. The molecule has 140 valence electrons. The van der Waals surface area contributed by atoms with Gasteiger partial charge >= 0.3 is 6.18 Å². The molecule has 2 rings (SSSR count). The van der Waals surface area contributed by atoms with Gasteiger partial charge in [-0.1, -0.05) is 24.3 Å². The van der Waals surface area contributed by atoms with Crippen molar-refractivity contribution < 1.29 is 27.4 Å². The van der Waals surface area contributed by atoms with Crippen molar-refractivity contribution in [3.63, 3.8) is 0 Å². The van der Waals surface area contributed by atoms with Gasteiger partial charge in [0, 0.05) is 12.1 Å². The molecular formula is C19H20F3NO3. The third-order valence-electron chi connectivity index (χ3n) is 3.44. The molecule has 0 bridgehead atoms. The van der Waals surface area contributed by atoms with E-state index in [9.17, 15) is 18.0 Å². The van der Waals surface area contributed by atoms with Gasteiger partial charge < -0.3 is 14.8 Å². The zero-order chi connectivity index (χ0) is 19.0. The van der Waals surface area contributed by atoms with E-state index in [4.69, 9.17) is 4.74 Å². The molecule has 1 amide bonds. The Bertz CT molecular complexity index is 697. The number of carbonyl (C=O) groups excluding carboxylic acids is 1. The summed E-state index contributed by atoms with van der Waals surface area (Å²) in [6.07, 6.45) is -4.33. The van der Waals surface area contributed by atoms with Crippen LogP contribution < -0.4 is 10.1 Å². The van der Waals surface area contributed by atoms with E-state index in [1.807, 2.05) is 6.92 Å². The molecule has 0 saturated carbocycles. The summed E-state index contributed by atoms with van der Waals surface area (Å²) in [6, 6.07) is 13.7. The maximum Gasteiger partial charge on any atom is 0.411 e. The number of nitrogens with one attached hydrogen (secondary N) is 1. The fourth-order valence-electron chi connectivity index (χ4n) is 2.19. The summed E-state index contributed by atoms with van der Waals surface area (Å²) in [7, 11) is 0. The Hall–Kier alpha value is -2.54. The summed E-state index contributed by atoms with van der Waals surface area (Å²) in [4.78, 5) is 12.1. The number of hydrogen-bond donors (Lipinski definition) is 1. The minimum Gasteiger partial charge on any atom is -0.494 e. The molecule has 26 heavy (non-hydrogen) atoms. The lowest BCUT2D eigenvalue weighted by atomic mass is 10.1. The highest BCUT2D eigenvalue weighted by Crippen LogP contribution is 2.16. The summed E-state index contributed by atoms with van der Waals surface area (Å²) in [6.45, 7) is 1.37. The summed E-state index contributed by atoms with van der Waals surface area (Å²) >= 11 is 0. The topological polar surface area (TPSA) is 47.6 Å². The Kier molecular flexibility index (Phi) is 7.03. The van der Waals surface area contributed by atoms with Crippen LogP contribution in [0, 0.1) is 0 Å². The van der Waals surface area contributed by atoms with Crippen LogP contribution in [0.1, 0.15) is 28.4 Å². The fourth-order valence-corrected chi connectivity index (χ4v) is 2.19. The van der Waals surface area contributed by atoms with Crippen LogP contribution in [-0.4, -0.2) is 25.3 Å². The Morgan fingerprint density at radius 1 is 1.00 bits per heavy atom. The van der Waals surface area contributed by atoms with Gasteiger partial charge in [0.2, 0.25) is 0 Å². The van der Waals surface area contributed by atoms with Gasteiger partial charge in [0.15, 0.2) is 0 Å². The lowest BCUT2D eigenvalue weighted by molar-refractivity contribution is -0.176. The molecule has 0 aliphatic rings. The molecule has 0 radical (unpaired) electrons. The molecule has 0 atom stereocenters. The van der Waals surface area contributed by atoms with Gasteiger partial charge in [-0.25, -0.2) is 0 Å². The van der Waals surface area contributed by atoms with Crippen LogP contribution in [-0.2, 0) is 17.9 Å². The van der Waals surface area contributed by atoms with Crippen molar-refractivity contribution in [2.75, 3.05) is 13.2 Å². The van der Waals surface area contributed by atoms with Crippen LogP contribution in [0.2, 0.25) is 0 Å². The maximum absolute atomic E-state index is 12.1. The molecule has 0 unspecified atom stereocenters. The molecule has 0 aliphatic carbocycles. The van der Waals surface area contributed by atoms with Crippen LogP contribution in [0.15, 0.2) is 48.5 Å². The van der Waals surface area contributed by atoms with Crippen molar-refractivity contribution in [1.82, 2.24) is 5.32 Å². The fraction of sp³-hybridized carbons (Fsp3) is 0.316. The molecule has 1 N–H and O–H groups in total. The summed E-state index contributed by atoms with van der Waals surface area (Å²) in [5.74, 6) is 0.484. The number of carbonyl (C=O) groups is 1. The van der Waals surface area contributed by atoms with E-state index in [1.54, 1.807) is 48.5 Å². The van der Waals surface area contributed by atoms with Crippen LogP contribution in [0.5, 0.6) is 5.75 Å². The number of amides is 1. The van der Waals surface area contributed by atoms with Crippen LogP contribution in [0.25, 0.3) is 0 Å². The molecule has 4 nitrogen and oxygen atoms in total. The highest BCUT2D eigenvalue weighted by Gasteiger charge is 2.27. The molecule has 0 heterocycles. The van der Waals surface area contributed by atoms with Gasteiger partial charge in [-0.2, -0.15) is 13.2 Å². The normalized spacial score (nSPS) is 11.2. The second-order valence-corrected chi connectivity index (χ2v) is 5.56. The lowest BCUT2D eigenvalue weighted by Crippen LogP contribution is -2.22. The van der Waals surface area contributed by atoms with Gasteiger partial charge in [-0.05, 0) is 42.3 Å². The predicted octanol–water partition coefficient (Wildman–Crippen LogP) is 4.09. The Balaban J connectivity index is 1.80. The van der Waals surface area contributed by atoms with Gasteiger partial charge in [-0.15, -0.1) is 0 Å². The molecule has 7 heteroatoms.